The van der Waals surface area contributed by atoms with Gasteiger partial charge in [0, 0.05) is 23.7 Å². The minimum Gasteiger partial charge on any atom is -0.308 e. The molecule has 1 aliphatic rings. The summed E-state index contributed by atoms with van der Waals surface area (Å²) < 4.78 is 37.9. The third-order valence-electron chi connectivity index (χ3n) is 3.35. The summed E-state index contributed by atoms with van der Waals surface area (Å²) >= 11 is 1.59. The van der Waals surface area contributed by atoms with E-state index < -0.39 is 12.1 Å². The maximum Gasteiger partial charge on any atom is 0.391 e. The van der Waals surface area contributed by atoms with Crippen molar-refractivity contribution in [1.82, 2.24) is 10.3 Å². The van der Waals surface area contributed by atoms with Crippen LogP contribution < -0.4 is 5.32 Å². The monoisotopic (exact) mass is 278 g/mol. The van der Waals surface area contributed by atoms with Gasteiger partial charge in [-0.2, -0.15) is 13.2 Å². The second-order valence-electron chi connectivity index (χ2n) is 4.85. The lowest BCUT2D eigenvalue weighted by atomic mass is 9.85. The molecule has 0 bridgehead atoms. The number of halogens is 3. The van der Waals surface area contributed by atoms with E-state index in [9.17, 15) is 13.2 Å². The largest absolute Gasteiger partial charge is 0.391 e. The number of nitrogens with one attached hydrogen (secondary N) is 1. The molecule has 0 aromatic carbocycles. The van der Waals surface area contributed by atoms with Gasteiger partial charge in [-0.1, -0.05) is 6.42 Å². The van der Waals surface area contributed by atoms with E-state index in [1.54, 1.807) is 17.5 Å². The van der Waals surface area contributed by atoms with E-state index in [-0.39, 0.29) is 18.9 Å². The van der Waals surface area contributed by atoms with Crippen molar-refractivity contribution in [2.45, 2.75) is 51.4 Å². The van der Waals surface area contributed by atoms with Gasteiger partial charge in [-0.25, -0.2) is 4.98 Å². The average Bonchev–Trinajstić information content (AvgIpc) is 2.72. The van der Waals surface area contributed by atoms with Gasteiger partial charge in [-0.05, 0) is 26.2 Å². The fourth-order valence-corrected chi connectivity index (χ4v) is 3.13. The third kappa shape index (κ3) is 3.68. The molecule has 1 heterocycles. The van der Waals surface area contributed by atoms with Crippen molar-refractivity contribution in [2.75, 3.05) is 0 Å². The molecule has 2 atom stereocenters. The molecule has 1 aliphatic carbocycles. The zero-order valence-electron chi connectivity index (χ0n) is 10.3. The highest BCUT2D eigenvalue weighted by molar-refractivity contribution is 7.11. The Labute approximate surface area is 109 Å². The van der Waals surface area contributed by atoms with Crippen LogP contribution in [0.15, 0.2) is 6.20 Å². The summed E-state index contributed by atoms with van der Waals surface area (Å²) in [6.45, 7) is 2.55. The molecular formula is C12H17F3N2S. The Kier molecular flexibility index (Phi) is 4.27. The highest BCUT2D eigenvalue weighted by atomic mass is 32.1. The van der Waals surface area contributed by atoms with E-state index in [4.69, 9.17) is 0 Å². The number of aryl methyl sites for hydroxylation is 1. The first-order chi connectivity index (χ1) is 8.45. The zero-order chi connectivity index (χ0) is 13.2. The molecule has 0 amide bonds. The topological polar surface area (TPSA) is 24.9 Å². The highest BCUT2D eigenvalue weighted by Crippen LogP contribution is 2.37. The molecule has 6 heteroatoms. The van der Waals surface area contributed by atoms with Crippen molar-refractivity contribution in [3.63, 3.8) is 0 Å². The zero-order valence-corrected chi connectivity index (χ0v) is 11.1. The van der Waals surface area contributed by atoms with Crippen molar-refractivity contribution in [3.05, 3.63) is 16.1 Å². The van der Waals surface area contributed by atoms with Gasteiger partial charge < -0.3 is 5.32 Å². The van der Waals surface area contributed by atoms with Crippen molar-refractivity contribution in [2.24, 2.45) is 5.92 Å². The lowest BCUT2D eigenvalue weighted by molar-refractivity contribution is -0.183. The molecule has 2 nitrogen and oxygen atoms in total. The van der Waals surface area contributed by atoms with Crippen LogP contribution in [-0.2, 0) is 6.54 Å². The van der Waals surface area contributed by atoms with Gasteiger partial charge in [0.2, 0.25) is 0 Å². The Hall–Kier alpha value is -0.620. The predicted octanol–water partition coefficient (Wildman–Crippen LogP) is 3.66. The van der Waals surface area contributed by atoms with Crippen LogP contribution in [0.1, 0.15) is 35.6 Å². The van der Waals surface area contributed by atoms with Crippen LogP contribution >= 0.6 is 11.3 Å². The Balaban J connectivity index is 1.83. The predicted molar refractivity (Wildman–Crippen MR) is 65.5 cm³/mol. The summed E-state index contributed by atoms with van der Waals surface area (Å²) in [6.07, 6.45) is -0.291. The van der Waals surface area contributed by atoms with Crippen LogP contribution in [0, 0.1) is 12.8 Å². The van der Waals surface area contributed by atoms with Gasteiger partial charge in [-0.15, -0.1) is 11.3 Å². The van der Waals surface area contributed by atoms with Crippen LogP contribution in [0.5, 0.6) is 0 Å². The molecule has 1 fully saturated rings. The fraction of sp³-hybridized carbons (Fsp3) is 0.750. The minimum absolute atomic E-state index is 0.0328. The Morgan fingerprint density at radius 3 is 2.83 bits per heavy atom. The lowest BCUT2D eigenvalue weighted by Gasteiger charge is -2.30. The standard InChI is InChI=1S/C12H17F3N2S/c1-8-6-17-11(18-8)7-16-10-4-2-3-9(5-10)12(13,14)15/h6,9-10,16H,2-5,7H2,1H3. The Morgan fingerprint density at radius 1 is 1.44 bits per heavy atom. The number of rotatable bonds is 3. The van der Waals surface area contributed by atoms with Crippen molar-refractivity contribution in [1.29, 1.82) is 0 Å². The van der Waals surface area contributed by atoms with Crippen LogP contribution in [0.4, 0.5) is 13.2 Å². The van der Waals surface area contributed by atoms with Crippen LogP contribution in [0.2, 0.25) is 0 Å². The second-order valence-corrected chi connectivity index (χ2v) is 6.17. The van der Waals surface area contributed by atoms with Crippen LogP contribution in [-0.4, -0.2) is 17.2 Å². The SMILES string of the molecule is Cc1cnc(CNC2CCCC(C(F)(F)F)C2)s1. The molecule has 0 aliphatic heterocycles. The molecular weight excluding hydrogens is 261 g/mol. The van der Waals surface area contributed by atoms with E-state index in [0.717, 1.165) is 16.3 Å². The summed E-state index contributed by atoms with van der Waals surface area (Å²) in [5.74, 6) is -1.14. The maximum atomic E-state index is 12.6. The van der Waals surface area contributed by atoms with Gasteiger partial charge in [0.15, 0.2) is 0 Å². The molecule has 0 spiro atoms. The van der Waals surface area contributed by atoms with Crippen molar-refractivity contribution < 1.29 is 13.2 Å². The summed E-state index contributed by atoms with van der Waals surface area (Å²) in [4.78, 5) is 5.33. The molecule has 18 heavy (non-hydrogen) atoms. The first kappa shape index (κ1) is 13.8. The molecule has 1 saturated carbocycles. The number of hydrogen-bond acceptors (Lipinski definition) is 3. The van der Waals surface area contributed by atoms with Gasteiger partial charge in [-0.3, -0.25) is 0 Å². The van der Waals surface area contributed by atoms with Gasteiger partial charge in [0.25, 0.3) is 0 Å². The first-order valence-corrected chi connectivity index (χ1v) is 6.98. The van der Waals surface area contributed by atoms with E-state index in [1.807, 2.05) is 6.92 Å². The summed E-state index contributed by atoms with van der Waals surface area (Å²) in [5.41, 5.74) is 0. The lowest BCUT2D eigenvalue weighted by Crippen LogP contribution is -2.38. The number of alkyl halides is 3. The van der Waals surface area contributed by atoms with E-state index in [0.29, 0.717) is 13.0 Å². The second kappa shape index (κ2) is 5.57. The molecule has 2 rings (SSSR count). The third-order valence-corrected chi connectivity index (χ3v) is 4.26. The minimum atomic E-state index is -4.04. The summed E-state index contributed by atoms with van der Waals surface area (Å²) in [7, 11) is 0. The van der Waals surface area contributed by atoms with Crippen LogP contribution in [0.25, 0.3) is 0 Å². The number of aromatic nitrogens is 1. The number of thiazole rings is 1. The fourth-order valence-electron chi connectivity index (χ4n) is 2.39. The van der Waals surface area contributed by atoms with Crippen molar-refractivity contribution in [3.8, 4) is 0 Å². The molecule has 1 aromatic heterocycles. The summed E-state index contributed by atoms with van der Waals surface area (Å²) in [6, 6.07) is -0.0328. The van der Waals surface area contributed by atoms with E-state index in [2.05, 4.69) is 10.3 Å². The molecule has 1 aromatic rings. The maximum absolute atomic E-state index is 12.6. The molecule has 102 valence electrons. The van der Waals surface area contributed by atoms with Crippen LogP contribution in [0.3, 0.4) is 0 Å². The first-order valence-electron chi connectivity index (χ1n) is 6.16. The molecule has 1 N–H and O–H groups in total. The average molecular weight is 278 g/mol. The quantitative estimate of drug-likeness (QED) is 0.912. The highest BCUT2D eigenvalue weighted by Gasteiger charge is 2.41. The van der Waals surface area contributed by atoms with Gasteiger partial charge in [0.1, 0.15) is 5.01 Å². The summed E-state index contributed by atoms with van der Waals surface area (Å²) in [5, 5.41) is 4.15. The van der Waals surface area contributed by atoms with Gasteiger partial charge in [0.05, 0.1) is 5.92 Å². The number of nitrogens with zero attached hydrogens (tertiary/aromatic N) is 1. The Morgan fingerprint density at radius 2 is 2.22 bits per heavy atom. The van der Waals surface area contributed by atoms with Crippen molar-refractivity contribution >= 4 is 11.3 Å². The number of hydrogen-bond donors (Lipinski definition) is 1. The smallest absolute Gasteiger partial charge is 0.308 e. The normalized spacial score (nSPS) is 25.3. The molecule has 0 saturated heterocycles. The Bertz CT molecular complexity index is 389. The van der Waals surface area contributed by atoms with Gasteiger partial charge >= 0.3 is 6.18 Å². The molecule has 2 unspecified atom stereocenters. The molecule has 0 radical (unpaired) electrons. The van der Waals surface area contributed by atoms with E-state index in [1.165, 1.54) is 0 Å². The van der Waals surface area contributed by atoms with E-state index >= 15 is 0 Å².